The average Bonchev–Trinajstić information content (AvgIpc) is 2.95. The highest BCUT2D eigenvalue weighted by Crippen LogP contribution is 2.39. The Bertz CT molecular complexity index is 348. The lowest BCUT2D eigenvalue weighted by Crippen LogP contribution is -2.22. The van der Waals surface area contributed by atoms with E-state index >= 15 is 0 Å². The van der Waals surface area contributed by atoms with Gasteiger partial charge in [-0.25, -0.2) is 0 Å². The Morgan fingerprint density at radius 3 is 2.69 bits per heavy atom. The van der Waals surface area contributed by atoms with E-state index in [0.29, 0.717) is 0 Å². The summed E-state index contributed by atoms with van der Waals surface area (Å²) in [6.45, 7) is 4.25. The lowest BCUT2D eigenvalue weighted by atomic mass is 10.1. The molecule has 0 saturated heterocycles. The molecule has 2 nitrogen and oxygen atoms in total. The lowest BCUT2D eigenvalue weighted by molar-refractivity contribution is 0.722. The summed E-state index contributed by atoms with van der Waals surface area (Å²) < 4.78 is 0. The molecule has 0 radical (unpaired) electrons. The molecule has 0 heterocycles. The van der Waals surface area contributed by atoms with E-state index in [-0.39, 0.29) is 0 Å². The summed E-state index contributed by atoms with van der Waals surface area (Å²) >= 11 is 0. The van der Waals surface area contributed by atoms with Crippen molar-refractivity contribution in [1.29, 1.82) is 0 Å². The highest BCUT2D eigenvalue weighted by Gasteiger charge is 2.33. The van der Waals surface area contributed by atoms with Gasteiger partial charge >= 0.3 is 0 Å². The van der Waals surface area contributed by atoms with Crippen LogP contribution >= 0.6 is 0 Å². The van der Waals surface area contributed by atoms with Gasteiger partial charge in [0.25, 0.3) is 0 Å². The molecule has 2 atom stereocenters. The number of nitrogens with zero attached hydrogens (tertiary/aromatic N) is 1. The highest BCUT2D eigenvalue weighted by molar-refractivity contribution is 5.53. The van der Waals surface area contributed by atoms with Crippen LogP contribution in [-0.2, 0) is 6.42 Å². The van der Waals surface area contributed by atoms with Crippen molar-refractivity contribution in [3.63, 3.8) is 0 Å². The molecule has 88 valence electrons. The molecule has 2 N–H and O–H groups in total. The van der Waals surface area contributed by atoms with Crippen LogP contribution in [0, 0.1) is 11.8 Å². The molecule has 2 rings (SSSR count). The van der Waals surface area contributed by atoms with E-state index in [1.807, 2.05) is 0 Å². The molecule has 2 heteroatoms. The fourth-order valence-corrected chi connectivity index (χ4v) is 2.35. The summed E-state index contributed by atoms with van der Waals surface area (Å²) in [6, 6.07) is 8.61. The largest absolute Gasteiger partial charge is 0.374 e. The first-order valence-corrected chi connectivity index (χ1v) is 6.21. The van der Waals surface area contributed by atoms with E-state index in [4.69, 9.17) is 5.73 Å². The third-order valence-electron chi connectivity index (χ3n) is 3.60. The van der Waals surface area contributed by atoms with Crippen molar-refractivity contribution in [3.8, 4) is 0 Å². The summed E-state index contributed by atoms with van der Waals surface area (Å²) in [5.41, 5.74) is 8.38. The first-order chi connectivity index (χ1) is 7.72. The van der Waals surface area contributed by atoms with Crippen LogP contribution in [-0.4, -0.2) is 20.1 Å². The van der Waals surface area contributed by atoms with Crippen LogP contribution in [0.5, 0.6) is 0 Å². The van der Waals surface area contributed by atoms with Crippen molar-refractivity contribution in [2.75, 3.05) is 25.0 Å². The zero-order chi connectivity index (χ0) is 11.5. The summed E-state index contributed by atoms with van der Waals surface area (Å²) in [5, 5.41) is 0. The van der Waals surface area contributed by atoms with Gasteiger partial charge in [0.2, 0.25) is 0 Å². The van der Waals surface area contributed by atoms with Crippen molar-refractivity contribution in [1.82, 2.24) is 0 Å². The van der Waals surface area contributed by atoms with Gasteiger partial charge < -0.3 is 10.6 Å². The third kappa shape index (κ3) is 2.56. The van der Waals surface area contributed by atoms with Gasteiger partial charge in [-0.15, -0.1) is 0 Å². The molecule has 1 fully saturated rings. The Balaban J connectivity index is 2.05. The molecule has 16 heavy (non-hydrogen) atoms. The molecule has 1 saturated carbocycles. The topological polar surface area (TPSA) is 29.3 Å². The van der Waals surface area contributed by atoms with Crippen LogP contribution in [0.1, 0.15) is 18.9 Å². The second-order valence-corrected chi connectivity index (χ2v) is 5.02. The maximum atomic E-state index is 5.65. The average molecular weight is 218 g/mol. The van der Waals surface area contributed by atoms with Gasteiger partial charge in [-0.2, -0.15) is 0 Å². The van der Waals surface area contributed by atoms with Crippen LogP contribution in [0.2, 0.25) is 0 Å². The minimum atomic E-state index is 0.727. The van der Waals surface area contributed by atoms with E-state index in [0.717, 1.165) is 24.8 Å². The molecule has 0 bridgehead atoms. The lowest BCUT2D eigenvalue weighted by Gasteiger charge is -2.22. The normalized spacial score (nSPS) is 23.2. The monoisotopic (exact) mass is 218 g/mol. The van der Waals surface area contributed by atoms with Crippen molar-refractivity contribution >= 4 is 5.69 Å². The summed E-state index contributed by atoms with van der Waals surface area (Å²) in [6.07, 6.45) is 2.37. The first kappa shape index (κ1) is 11.5. The quantitative estimate of drug-likeness (QED) is 0.821. The molecule has 1 aliphatic carbocycles. The fourth-order valence-electron chi connectivity index (χ4n) is 2.35. The SMILES string of the molecule is CC1CC1CN(C)c1ccccc1CCN. The number of hydrogen-bond acceptors (Lipinski definition) is 2. The molecular weight excluding hydrogens is 196 g/mol. The van der Waals surface area contributed by atoms with Gasteiger partial charge in [0.15, 0.2) is 0 Å². The molecule has 0 amide bonds. The zero-order valence-electron chi connectivity index (χ0n) is 10.3. The maximum absolute atomic E-state index is 5.65. The predicted octanol–water partition coefficient (Wildman–Crippen LogP) is 2.28. The number of hydrogen-bond donors (Lipinski definition) is 1. The molecule has 1 aromatic carbocycles. The van der Waals surface area contributed by atoms with Crippen LogP contribution in [0.15, 0.2) is 24.3 Å². The Hall–Kier alpha value is -1.02. The number of rotatable bonds is 5. The standard InChI is InChI=1S/C14H22N2/c1-11-9-13(11)10-16(2)14-6-4-3-5-12(14)7-8-15/h3-6,11,13H,7-10,15H2,1-2H3. The number of para-hydroxylation sites is 1. The Morgan fingerprint density at radius 2 is 2.06 bits per heavy atom. The zero-order valence-corrected chi connectivity index (χ0v) is 10.3. The van der Waals surface area contributed by atoms with Gasteiger partial charge in [0.05, 0.1) is 0 Å². The Kier molecular flexibility index (Phi) is 3.49. The Labute approximate surface area is 98.4 Å². The molecule has 1 aliphatic rings. The molecular formula is C14H22N2. The van der Waals surface area contributed by atoms with Crippen LogP contribution in [0.4, 0.5) is 5.69 Å². The summed E-state index contributed by atoms with van der Waals surface area (Å²) in [7, 11) is 2.19. The van der Waals surface area contributed by atoms with Crippen LogP contribution < -0.4 is 10.6 Å². The second kappa shape index (κ2) is 4.88. The van der Waals surface area contributed by atoms with E-state index in [1.165, 1.54) is 24.2 Å². The second-order valence-electron chi connectivity index (χ2n) is 5.02. The van der Waals surface area contributed by atoms with Gasteiger partial charge in [-0.1, -0.05) is 25.1 Å². The van der Waals surface area contributed by atoms with E-state index in [2.05, 4.69) is 43.1 Å². The van der Waals surface area contributed by atoms with E-state index < -0.39 is 0 Å². The van der Waals surface area contributed by atoms with Crippen LogP contribution in [0.25, 0.3) is 0 Å². The number of benzene rings is 1. The molecule has 2 unspecified atom stereocenters. The number of anilines is 1. The van der Waals surface area contributed by atoms with E-state index in [9.17, 15) is 0 Å². The summed E-state index contributed by atoms with van der Waals surface area (Å²) in [4.78, 5) is 2.39. The third-order valence-corrected chi connectivity index (χ3v) is 3.60. The van der Waals surface area contributed by atoms with Gasteiger partial charge in [-0.05, 0) is 42.9 Å². The van der Waals surface area contributed by atoms with Crippen molar-refractivity contribution in [2.45, 2.75) is 19.8 Å². The minimum absolute atomic E-state index is 0.727. The fraction of sp³-hybridized carbons (Fsp3) is 0.571. The van der Waals surface area contributed by atoms with E-state index in [1.54, 1.807) is 0 Å². The molecule has 0 spiro atoms. The van der Waals surface area contributed by atoms with Crippen molar-refractivity contribution in [2.24, 2.45) is 17.6 Å². The maximum Gasteiger partial charge on any atom is 0.0396 e. The van der Waals surface area contributed by atoms with Gasteiger partial charge in [0.1, 0.15) is 0 Å². The predicted molar refractivity (Wildman–Crippen MR) is 69.7 cm³/mol. The first-order valence-electron chi connectivity index (χ1n) is 6.21. The molecule has 1 aromatic rings. The van der Waals surface area contributed by atoms with Gasteiger partial charge in [-0.3, -0.25) is 0 Å². The van der Waals surface area contributed by atoms with Crippen molar-refractivity contribution in [3.05, 3.63) is 29.8 Å². The van der Waals surface area contributed by atoms with Crippen LogP contribution in [0.3, 0.4) is 0 Å². The highest BCUT2D eigenvalue weighted by atomic mass is 15.1. The summed E-state index contributed by atoms with van der Waals surface area (Å²) in [5.74, 6) is 1.82. The molecule has 0 aliphatic heterocycles. The Morgan fingerprint density at radius 1 is 1.38 bits per heavy atom. The molecule has 0 aromatic heterocycles. The minimum Gasteiger partial charge on any atom is -0.374 e. The number of nitrogens with two attached hydrogens (primary N) is 1. The van der Waals surface area contributed by atoms with Gasteiger partial charge in [0, 0.05) is 19.3 Å². The smallest absolute Gasteiger partial charge is 0.0396 e. The van der Waals surface area contributed by atoms with Crippen molar-refractivity contribution < 1.29 is 0 Å².